The fourth-order valence-corrected chi connectivity index (χ4v) is 5.92. The van der Waals surface area contributed by atoms with E-state index in [0.29, 0.717) is 0 Å². The fourth-order valence-electron chi connectivity index (χ4n) is 5.92. The Bertz CT molecular complexity index is 2180. The van der Waals surface area contributed by atoms with E-state index in [2.05, 4.69) is 163 Å². The Labute approximate surface area is 256 Å². The predicted molar refractivity (Wildman–Crippen MR) is 184 cm³/mol. The van der Waals surface area contributed by atoms with E-state index >= 15 is 0 Å². The second-order valence-corrected chi connectivity index (χ2v) is 11.2. The Hall–Kier alpha value is -5.80. The van der Waals surface area contributed by atoms with Crippen LogP contribution in [-0.4, -0.2) is 11.7 Å². The fraction of sp³-hybridized carbons (Fsp3) is 0.0244. The lowest BCUT2D eigenvalue weighted by atomic mass is 9.99. The monoisotopic (exact) mass is 563 g/mol. The van der Waals surface area contributed by atoms with Gasteiger partial charge in [-0.2, -0.15) is 0 Å². The lowest BCUT2D eigenvalue weighted by Crippen LogP contribution is -2.33. The highest BCUT2D eigenvalue weighted by atomic mass is 15.2. The van der Waals surface area contributed by atoms with Crippen molar-refractivity contribution in [2.24, 2.45) is 9.98 Å². The number of nitrogens with one attached hydrogen (secondary N) is 1. The first-order valence-corrected chi connectivity index (χ1v) is 14.9. The molecule has 1 heterocycles. The van der Waals surface area contributed by atoms with Crippen LogP contribution in [0.25, 0.3) is 43.8 Å². The summed E-state index contributed by atoms with van der Waals surface area (Å²) in [5.74, 6) is 1.54. The average molecular weight is 564 g/mol. The van der Waals surface area contributed by atoms with Crippen molar-refractivity contribution < 1.29 is 0 Å². The van der Waals surface area contributed by atoms with Crippen LogP contribution in [0.15, 0.2) is 174 Å². The van der Waals surface area contributed by atoms with Crippen molar-refractivity contribution in [2.75, 3.05) is 0 Å². The molecule has 3 heteroatoms. The van der Waals surface area contributed by atoms with Crippen LogP contribution < -0.4 is 5.32 Å². The van der Waals surface area contributed by atoms with Gasteiger partial charge in [-0.05, 0) is 67.6 Å². The number of aliphatic imine (C=N–C) groups is 2. The Kier molecular flexibility index (Phi) is 6.54. The zero-order valence-electron chi connectivity index (χ0n) is 24.1. The van der Waals surface area contributed by atoms with Gasteiger partial charge >= 0.3 is 0 Å². The van der Waals surface area contributed by atoms with E-state index < -0.39 is 0 Å². The SMILES string of the molecule is c1ccc(-c2ccc(C3N=C(c4ccc5ccccc5c4)N=C(c4ccc5cc(-c6ccccc6)ccc5c4)N3)cc2)cc1. The molecule has 0 saturated heterocycles. The van der Waals surface area contributed by atoms with Crippen molar-refractivity contribution >= 4 is 33.2 Å². The predicted octanol–water partition coefficient (Wildman–Crippen LogP) is 9.82. The molecule has 0 spiro atoms. The van der Waals surface area contributed by atoms with Gasteiger partial charge in [0.05, 0.1) is 0 Å². The first kappa shape index (κ1) is 25.9. The Morgan fingerprint density at radius 3 is 1.59 bits per heavy atom. The Balaban J connectivity index is 1.18. The van der Waals surface area contributed by atoms with Crippen molar-refractivity contribution in [1.82, 2.24) is 5.32 Å². The minimum atomic E-state index is -0.273. The van der Waals surface area contributed by atoms with Gasteiger partial charge in [0.2, 0.25) is 0 Å². The summed E-state index contributed by atoms with van der Waals surface area (Å²) in [5.41, 5.74) is 7.93. The van der Waals surface area contributed by atoms with Gasteiger partial charge < -0.3 is 5.32 Å². The van der Waals surface area contributed by atoms with E-state index in [0.717, 1.165) is 28.4 Å². The average Bonchev–Trinajstić information content (AvgIpc) is 3.11. The molecule has 0 bridgehead atoms. The number of fused-ring (bicyclic) bond motifs is 2. The number of benzene rings is 7. The van der Waals surface area contributed by atoms with E-state index in [1.807, 2.05) is 6.07 Å². The van der Waals surface area contributed by atoms with Crippen molar-refractivity contribution in [3.05, 3.63) is 180 Å². The largest absolute Gasteiger partial charge is 0.344 e. The number of nitrogens with zero attached hydrogens (tertiary/aromatic N) is 2. The van der Waals surface area contributed by atoms with Gasteiger partial charge in [0.1, 0.15) is 12.0 Å². The molecule has 1 atom stereocenters. The van der Waals surface area contributed by atoms with Crippen LogP contribution in [0.3, 0.4) is 0 Å². The maximum absolute atomic E-state index is 5.13. The smallest absolute Gasteiger partial charge is 0.159 e. The van der Waals surface area contributed by atoms with Gasteiger partial charge in [-0.15, -0.1) is 0 Å². The van der Waals surface area contributed by atoms with Crippen molar-refractivity contribution in [3.8, 4) is 22.3 Å². The van der Waals surface area contributed by atoms with E-state index in [-0.39, 0.29) is 6.17 Å². The molecule has 0 fully saturated rings. The van der Waals surface area contributed by atoms with E-state index in [1.54, 1.807) is 0 Å². The lowest BCUT2D eigenvalue weighted by molar-refractivity contribution is 0.674. The molecular formula is C41H29N3. The molecule has 0 saturated carbocycles. The lowest BCUT2D eigenvalue weighted by Gasteiger charge is -2.24. The normalized spacial score (nSPS) is 14.6. The highest BCUT2D eigenvalue weighted by Gasteiger charge is 2.21. The van der Waals surface area contributed by atoms with Gasteiger partial charge in [0.25, 0.3) is 0 Å². The van der Waals surface area contributed by atoms with Crippen LogP contribution >= 0.6 is 0 Å². The first-order chi connectivity index (χ1) is 21.8. The summed E-state index contributed by atoms with van der Waals surface area (Å²) < 4.78 is 0. The third-order valence-corrected chi connectivity index (χ3v) is 8.30. The summed E-state index contributed by atoms with van der Waals surface area (Å²) in [4.78, 5) is 10.2. The van der Waals surface area contributed by atoms with Gasteiger partial charge in [-0.25, -0.2) is 9.98 Å². The molecule has 1 aliphatic rings. The minimum absolute atomic E-state index is 0.273. The standard InChI is InChI=1S/C41H29N3/c1-3-9-28(10-4-1)31-15-18-32(19-16-31)39-42-40(37-23-17-30-13-7-8-14-33(30)26-37)44-41(43-39)38-24-22-35-25-34(20-21-36(35)27-38)29-11-5-2-6-12-29/h1-27,39H,(H,42,43,44). The highest BCUT2D eigenvalue weighted by Crippen LogP contribution is 2.29. The summed E-state index contributed by atoms with van der Waals surface area (Å²) in [6.45, 7) is 0. The molecular weight excluding hydrogens is 534 g/mol. The maximum Gasteiger partial charge on any atom is 0.159 e. The van der Waals surface area contributed by atoms with Crippen LogP contribution in [0.2, 0.25) is 0 Å². The molecule has 1 aliphatic heterocycles. The van der Waals surface area contributed by atoms with Crippen LogP contribution in [0.4, 0.5) is 0 Å². The van der Waals surface area contributed by atoms with Gasteiger partial charge in [0.15, 0.2) is 5.84 Å². The molecule has 0 radical (unpaired) electrons. The van der Waals surface area contributed by atoms with Crippen molar-refractivity contribution in [2.45, 2.75) is 6.17 Å². The van der Waals surface area contributed by atoms with E-state index in [1.165, 1.54) is 43.8 Å². The number of hydrogen-bond donors (Lipinski definition) is 1. The topological polar surface area (TPSA) is 36.8 Å². The molecule has 0 amide bonds. The molecule has 44 heavy (non-hydrogen) atoms. The molecule has 3 nitrogen and oxygen atoms in total. The molecule has 0 aromatic heterocycles. The van der Waals surface area contributed by atoms with Crippen LogP contribution in [0.1, 0.15) is 22.9 Å². The molecule has 0 aliphatic carbocycles. The summed E-state index contributed by atoms with van der Waals surface area (Å²) in [5, 5.41) is 8.39. The third-order valence-electron chi connectivity index (χ3n) is 8.30. The van der Waals surface area contributed by atoms with Crippen LogP contribution in [0, 0.1) is 0 Å². The van der Waals surface area contributed by atoms with Crippen molar-refractivity contribution in [3.63, 3.8) is 0 Å². The van der Waals surface area contributed by atoms with Crippen molar-refractivity contribution in [1.29, 1.82) is 0 Å². The van der Waals surface area contributed by atoms with Gasteiger partial charge in [-0.3, -0.25) is 0 Å². The van der Waals surface area contributed by atoms with Crippen LogP contribution in [0.5, 0.6) is 0 Å². The first-order valence-electron chi connectivity index (χ1n) is 14.9. The van der Waals surface area contributed by atoms with Crippen LogP contribution in [-0.2, 0) is 0 Å². The summed E-state index contributed by atoms with van der Waals surface area (Å²) in [7, 11) is 0. The molecule has 7 aromatic rings. The van der Waals surface area contributed by atoms with Gasteiger partial charge in [0, 0.05) is 11.1 Å². The molecule has 208 valence electrons. The number of amidine groups is 2. The molecule has 1 unspecified atom stereocenters. The second kappa shape index (κ2) is 11.1. The Morgan fingerprint density at radius 1 is 0.386 bits per heavy atom. The summed E-state index contributed by atoms with van der Waals surface area (Å²) >= 11 is 0. The number of hydrogen-bond acceptors (Lipinski definition) is 3. The zero-order chi connectivity index (χ0) is 29.3. The second-order valence-electron chi connectivity index (χ2n) is 11.2. The molecule has 7 aromatic carbocycles. The Morgan fingerprint density at radius 2 is 0.864 bits per heavy atom. The highest BCUT2D eigenvalue weighted by molar-refractivity contribution is 6.14. The minimum Gasteiger partial charge on any atom is -0.344 e. The van der Waals surface area contributed by atoms with Gasteiger partial charge in [-0.1, -0.05) is 146 Å². The molecule has 1 N–H and O–H groups in total. The number of rotatable bonds is 5. The quantitative estimate of drug-likeness (QED) is 0.222. The maximum atomic E-state index is 5.13. The van der Waals surface area contributed by atoms with E-state index in [9.17, 15) is 0 Å². The van der Waals surface area contributed by atoms with E-state index in [4.69, 9.17) is 9.98 Å². The summed E-state index contributed by atoms with van der Waals surface area (Å²) in [6, 6.07) is 57.7. The summed E-state index contributed by atoms with van der Waals surface area (Å²) in [6.07, 6.45) is -0.273. The third kappa shape index (κ3) is 5.05. The molecule has 8 rings (SSSR count). The zero-order valence-corrected chi connectivity index (χ0v) is 24.1.